The van der Waals surface area contributed by atoms with Crippen LogP contribution in [-0.4, -0.2) is 37.9 Å². The zero-order chi connectivity index (χ0) is 21.9. The third kappa shape index (κ3) is 6.35. The zero-order valence-electron chi connectivity index (χ0n) is 18.5. The largest absolute Gasteiger partial charge is 0.312 e. The van der Waals surface area contributed by atoms with E-state index >= 15 is 0 Å². The second-order valence-electron chi connectivity index (χ2n) is 6.01. The molecule has 0 saturated heterocycles. The van der Waals surface area contributed by atoms with Gasteiger partial charge in [0.2, 0.25) is 0 Å². The standard InChI is InChI=1S/C21H33N3O4P2/c1-6-25-29(26-7-2,22-20-16-12-10-13-17-20)24(5)30(27-8-3,28-9-4)23-21-18-14-11-15-19-21/h10-19H,6-9H2,1-5H3. The molecular weight excluding hydrogens is 420 g/mol. The molecule has 0 aliphatic heterocycles. The first-order valence-electron chi connectivity index (χ1n) is 10.2. The fraction of sp³-hybridized carbons (Fsp3) is 0.429. The highest BCUT2D eigenvalue weighted by atomic mass is 31.3. The minimum absolute atomic E-state index is 0.429. The van der Waals surface area contributed by atoms with E-state index in [2.05, 4.69) is 0 Å². The molecule has 0 atom stereocenters. The van der Waals surface area contributed by atoms with Gasteiger partial charge in [0.1, 0.15) is 0 Å². The lowest BCUT2D eigenvalue weighted by Crippen LogP contribution is -2.20. The van der Waals surface area contributed by atoms with Crippen LogP contribution in [0, 0.1) is 0 Å². The lowest BCUT2D eigenvalue weighted by molar-refractivity contribution is 0.203. The maximum Gasteiger partial charge on any atom is 0.303 e. The Kier molecular flexibility index (Phi) is 10.4. The summed E-state index contributed by atoms with van der Waals surface area (Å²) in [5, 5.41) is 0. The Labute approximate surface area is 180 Å². The van der Waals surface area contributed by atoms with E-state index in [0.717, 1.165) is 11.4 Å². The topological polar surface area (TPSA) is 64.9 Å². The minimum atomic E-state index is -2.96. The molecule has 0 spiro atoms. The minimum Gasteiger partial charge on any atom is -0.312 e. The lowest BCUT2D eigenvalue weighted by atomic mass is 10.3. The zero-order valence-corrected chi connectivity index (χ0v) is 20.3. The molecule has 2 rings (SSSR count). The third-order valence-corrected chi connectivity index (χ3v) is 10.1. The van der Waals surface area contributed by atoms with Crippen LogP contribution in [0.25, 0.3) is 0 Å². The van der Waals surface area contributed by atoms with E-state index in [0.29, 0.717) is 26.4 Å². The van der Waals surface area contributed by atoms with Crippen molar-refractivity contribution in [3.05, 3.63) is 60.7 Å². The molecule has 7 nitrogen and oxygen atoms in total. The molecule has 0 aliphatic rings. The summed E-state index contributed by atoms with van der Waals surface area (Å²) in [6, 6.07) is 19.4. The maximum absolute atomic E-state index is 6.23. The van der Waals surface area contributed by atoms with Crippen molar-refractivity contribution in [3.8, 4) is 0 Å². The summed E-state index contributed by atoms with van der Waals surface area (Å²) in [4.78, 5) is 0. The summed E-state index contributed by atoms with van der Waals surface area (Å²) in [6.07, 6.45) is 0. The van der Waals surface area contributed by atoms with Gasteiger partial charge < -0.3 is 18.1 Å². The molecule has 0 radical (unpaired) electrons. The number of hydrogen-bond acceptors (Lipinski definition) is 6. The highest BCUT2D eigenvalue weighted by molar-refractivity contribution is 7.69. The fourth-order valence-corrected chi connectivity index (χ4v) is 8.26. The highest BCUT2D eigenvalue weighted by Gasteiger charge is 2.41. The van der Waals surface area contributed by atoms with Crippen molar-refractivity contribution >= 4 is 26.7 Å². The molecule has 0 unspecified atom stereocenters. The van der Waals surface area contributed by atoms with Gasteiger partial charge in [-0.05, 0) is 52.0 Å². The number of nitrogens with zero attached hydrogens (tertiary/aromatic N) is 3. The van der Waals surface area contributed by atoms with Gasteiger partial charge in [0.15, 0.2) is 0 Å². The van der Waals surface area contributed by atoms with Gasteiger partial charge in [-0.2, -0.15) is 0 Å². The van der Waals surface area contributed by atoms with Crippen LogP contribution >= 0.6 is 15.3 Å². The lowest BCUT2D eigenvalue weighted by Gasteiger charge is -2.38. The van der Waals surface area contributed by atoms with Gasteiger partial charge in [-0.1, -0.05) is 36.4 Å². The van der Waals surface area contributed by atoms with Crippen molar-refractivity contribution < 1.29 is 18.1 Å². The maximum atomic E-state index is 6.23. The highest BCUT2D eigenvalue weighted by Crippen LogP contribution is 2.72. The summed E-state index contributed by atoms with van der Waals surface area (Å²) >= 11 is 0. The van der Waals surface area contributed by atoms with E-state index in [-0.39, 0.29) is 0 Å². The van der Waals surface area contributed by atoms with Crippen LogP contribution in [-0.2, 0) is 18.1 Å². The normalized spacial score (nSPS) is 12.2. The summed E-state index contributed by atoms with van der Waals surface area (Å²) < 4.78 is 36.7. The van der Waals surface area contributed by atoms with E-state index in [4.69, 9.17) is 27.6 Å². The van der Waals surface area contributed by atoms with E-state index in [1.807, 2.05) is 99.8 Å². The first-order chi connectivity index (χ1) is 14.6. The molecule has 0 aromatic heterocycles. The second kappa shape index (κ2) is 12.5. The van der Waals surface area contributed by atoms with Gasteiger partial charge in [0.05, 0.1) is 37.8 Å². The van der Waals surface area contributed by atoms with Gasteiger partial charge in [-0.15, -0.1) is 4.44 Å². The monoisotopic (exact) mass is 453 g/mol. The molecule has 2 aromatic carbocycles. The van der Waals surface area contributed by atoms with E-state index in [9.17, 15) is 0 Å². The number of hydrogen-bond donors (Lipinski definition) is 0. The van der Waals surface area contributed by atoms with E-state index in [1.54, 1.807) is 0 Å². The van der Waals surface area contributed by atoms with Crippen LogP contribution in [0.4, 0.5) is 11.4 Å². The third-order valence-electron chi connectivity index (χ3n) is 3.92. The molecule has 0 heterocycles. The van der Waals surface area contributed by atoms with E-state index < -0.39 is 15.3 Å². The average Bonchev–Trinajstić information content (AvgIpc) is 2.75. The molecule has 9 heteroatoms. The first-order valence-corrected chi connectivity index (χ1v) is 13.3. The SMILES string of the molecule is CCOP(=Nc1ccccc1)(OCC)N(C)P(=Nc1ccccc1)(OCC)OCC. The molecular formula is C21H33N3O4P2. The molecule has 0 saturated carbocycles. The van der Waals surface area contributed by atoms with E-state index in [1.165, 1.54) is 0 Å². The fourth-order valence-electron chi connectivity index (χ4n) is 2.75. The van der Waals surface area contributed by atoms with Crippen molar-refractivity contribution in [3.63, 3.8) is 0 Å². The molecule has 0 fully saturated rings. The van der Waals surface area contributed by atoms with Gasteiger partial charge in [0.25, 0.3) is 0 Å². The van der Waals surface area contributed by atoms with Crippen LogP contribution in [0.3, 0.4) is 0 Å². The van der Waals surface area contributed by atoms with Crippen LogP contribution in [0.2, 0.25) is 0 Å². The molecule has 166 valence electrons. The summed E-state index contributed by atoms with van der Waals surface area (Å²) in [6.45, 7) is 9.43. The molecule has 0 aliphatic carbocycles. The molecule has 2 aromatic rings. The van der Waals surface area contributed by atoms with Gasteiger partial charge >= 0.3 is 15.3 Å². The van der Waals surface area contributed by atoms with Gasteiger partial charge in [-0.25, -0.2) is 9.49 Å². The number of benzene rings is 2. The Morgan fingerprint density at radius 2 is 0.900 bits per heavy atom. The Balaban J connectivity index is 2.74. The van der Waals surface area contributed by atoms with Crippen molar-refractivity contribution in [2.45, 2.75) is 27.7 Å². The summed E-state index contributed by atoms with van der Waals surface area (Å²) in [5.41, 5.74) is 1.54. The molecule has 0 amide bonds. The van der Waals surface area contributed by atoms with Crippen LogP contribution < -0.4 is 0 Å². The van der Waals surface area contributed by atoms with Gasteiger partial charge in [0, 0.05) is 7.05 Å². The first kappa shape index (κ1) is 25.0. The Bertz CT molecular complexity index is 772. The predicted octanol–water partition coefficient (Wildman–Crippen LogP) is 7.62. The quantitative estimate of drug-likeness (QED) is 0.309. The second-order valence-corrected chi connectivity index (χ2v) is 10.9. The van der Waals surface area contributed by atoms with Gasteiger partial charge in [-0.3, -0.25) is 0 Å². The summed E-state index contributed by atoms with van der Waals surface area (Å²) in [5.74, 6) is 0. The summed E-state index contributed by atoms with van der Waals surface area (Å²) in [7, 11) is -4.05. The predicted molar refractivity (Wildman–Crippen MR) is 125 cm³/mol. The van der Waals surface area contributed by atoms with Crippen molar-refractivity contribution in [1.82, 2.24) is 4.44 Å². The average molecular weight is 453 g/mol. The van der Waals surface area contributed by atoms with Crippen LogP contribution in [0.15, 0.2) is 70.2 Å². The van der Waals surface area contributed by atoms with Crippen molar-refractivity contribution in [2.24, 2.45) is 9.49 Å². The van der Waals surface area contributed by atoms with Crippen molar-refractivity contribution in [2.75, 3.05) is 33.5 Å². The van der Waals surface area contributed by atoms with Crippen LogP contribution in [0.1, 0.15) is 27.7 Å². The Hall–Kier alpha value is -1.30. The van der Waals surface area contributed by atoms with Crippen molar-refractivity contribution in [1.29, 1.82) is 0 Å². The molecule has 0 N–H and O–H groups in total. The molecule has 30 heavy (non-hydrogen) atoms. The smallest absolute Gasteiger partial charge is 0.303 e. The number of rotatable bonds is 12. The molecule has 0 bridgehead atoms. The Morgan fingerprint density at radius 3 is 1.17 bits per heavy atom. The van der Waals surface area contributed by atoms with Crippen LogP contribution in [0.5, 0.6) is 0 Å². The Morgan fingerprint density at radius 1 is 0.600 bits per heavy atom.